The molecule has 0 radical (unpaired) electrons. The van der Waals surface area contributed by atoms with E-state index in [2.05, 4.69) is 14.9 Å². The van der Waals surface area contributed by atoms with E-state index >= 15 is 0 Å². The minimum absolute atomic E-state index is 0.164. The van der Waals surface area contributed by atoms with Gasteiger partial charge in [0.15, 0.2) is 0 Å². The molecule has 0 aliphatic carbocycles. The Morgan fingerprint density at radius 2 is 1.89 bits per heavy atom. The number of hydrogen-bond donors (Lipinski definition) is 2. The van der Waals surface area contributed by atoms with Crippen molar-refractivity contribution in [1.29, 1.82) is 0 Å². The van der Waals surface area contributed by atoms with Crippen LogP contribution in [-0.4, -0.2) is 52.9 Å². The van der Waals surface area contributed by atoms with E-state index in [4.69, 9.17) is 5.73 Å². The first-order chi connectivity index (χ1) is 13.5. The lowest BCUT2D eigenvalue weighted by Crippen LogP contribution is -2.61. The first-order valence-electron chi connectivity index (χ1n) is 9.67. The van der Waals surface area contributed by atoms with Crippen molar-refractivity contribution < 1.29 is 9.59 Å². The van der Waals surface area contributed by atoms with Crippen molar-refractivity contribution in [2.24, 2.45) is 11.1 Å². The molecule has 0 unspecified atom stereocenters. The molecule has 2 aromatic heterocycles. The van der Waals surface area contributed by atoms with Crippen molar-refractivity contribution in [1.82, 2.24) is 14.9 Å². The highest BCUT2D eigenvalue weighted by atomic mass is 16.2. The molecule has 7 nitrogen and oxygen atoms in total. The lowest BCUT2D eigenvalue weighted by molar-refractivity contribution is -0.142. The second kappa shape index (κ2) is 5.95. The van der Waals surface area contributed by atoms with Crippen molar-refractivity contribution in [3.05, 3.63) is 36.0 Å². The van der Waals surface area contributed by atoms with Gasteiger partial charge in [-0.15, -0.1) is 0 Å². The number of para-hydroxylation sites is 1. The number of benzene rings is 1. The van der Waals surface area contributed by atoms with Gasteiger partial charge < -0.3 is 20.5 Å². The normalized spacial score (nSPS) is 18.6. The molecule has 2 saturated heterocycles. The third kappa shape index (κ3) is 2.46. The van der Waals surface area contributed by atoms with Crippen LogP contribution < -0.4 is 10.6 Å². The molecule has 4 heterocycles. The lowest BCUT2D eigenvalue weighted by atomic mass is 9.72. The number of H-pyrrole nitrogens is 1. The Hall–Kier alpha value is -3.09. The van der Waals surface area contributed by atoms with Crippen LogP contribution in [0.2, 0.25) is 0 Å². The number of nitrogens with two attached hydrogens (primary N) is 1. The zero-order chi connectivity index (χ0) is 19.5. The van der Waals surface area contributed by atoms with E-state index in [0.717, 1.165) is 66.6 Å². The Morgan fingerprint density at radius 1 is 1.18 bits per heavy atom. The van der Waals surface area contributed by atoms with Crippen molar-refractivity contribution in [3.63, 3.8) is 0 Å². The van der Waals surface area contributed by atoms with Gasteiger partial charge in [0.25, 0.3) is 5.91 Å². The molecule has 2 aliphatic rings. The van der Waals surface area contributed by atoms with E-state index < -0.39 is 5.91 Å². The van der Waals surface area contributed by atoms with Crippen LogP contribution in [0.25, 0.3) is 21.8 Å². The fraction of sp³-hybridized carbons (Fsp3) is 0.381. The molecule has 0 bridgehead atoms. The molecule has 5 rings (SSSR count). The predicted molar refractivity (Wildman–Crippen MR) is 108 cm³/mol. The third-order valence-electron chi connectivity index (χ3n) is 6.40. The highest BCUT2D eigenvalue weighted by Gasteiger charge is 2.46. The van der Waals surface area contributed by atoms with Crippen molar-refractivity contribution in [3.8, 4) is 0 Å². The topological polar surface area (TPSA) is 95.3 Å². The summed E-state index contributed by atoms with van der Waals surface area (Å²) >= 11 is 0. The number of carbonyl (C=O) groups is 2. The number of likely N-dealkylation sites (tertiary alicyclic amines) is 1. The highest BCUT2D eigenvalue weighted by Crippen LogP contribution is 2.43. The molecule has 3 N–H and O–H groups in total. The summed E-state index contributed by atoms with van der Waals surface area (Å²) in [5.74, 6) is 0.583. The molecular formula is C21H23N5O2. The first kappa shape index (κ1) is 17.0. The van der Waals surface area contributed by atoms with Crippen LogP contribution in [0.15, 0.2) is 30.5 Å². The average molecular weight is 377 g/mol. The Morgan fingerprint density at radius 3 is 2.57 bits per heavy atom. The van der Waals surface area contributed by atoms with Crippen molar-refractivity contribution in [2.75, 3.05) is 31.1 Å². The summed E-state index contributed by atoms with van der Waals surface area (Å²) in [6.45, 7) is 5.16. The van der Waals surface area contributed by atoms with Gasteiger partial charge in [0.2, 0.25) is 5.91 Å². The first-order valence-corrected chi connectivity index (χ1v) is 9.67. The van der Waals surface area contributed by atoms with Crippen LogP contribution in [0.1, 0.15) is 30.1 Å². The van der Waals surface area contributed by atoms with E-state index in [0.29, 0.717) is 5.56 Å². The zero-order valence-corrected chi connectivity index (χ0v) is 15.9. The number of rotatable bonds is 2. The quantitative estimate of drug-likeness (QED) is 0.716. The Bertz CT molecular complexity index is 1100. The molecule has 0 atom stereocenters. The maximum absolute atomic E-state index is 11.9. The number of primary amides is 1. The second-order valence-electron chi connectivity index (χ2n) is 8.14. The maximum atomic E-state index is 11.9. The molecule has 1 spiro atoms. The summed E-state index contributed by atoms with van der Waals surface area (Å²) in [6.07, 6.45) is 3.67. The van der Waals surface area contributed by atoms with Gasteiger partial charge >= 0.3 is 0 Å². The van der Waals surface area contributed by atoms with Crippen LogP contribution in [0.4, 0.5) is 5.82 Å². The number of amides is 2. The monoisotopic (exact) mass is 377 g/mol. The molecule has 0 saturated carbocycles. The van der Waals surface area contributed by atoms with Gasteiger partial charge in [0.1, 0.15) is 5.82 Å². The van der Waals surface area contributed by atoms with Crippen molar-refractivity contribution >= 4 is 39.4 Å². The van der Waals surface area contributed by atoms with E-state index in [1.807, 2.05) is 29.2 Å². The molecule has 2 aliphatic heterocycles. The number of carbonyl (C=O) groups excluding carboxylic acids is 2. The molecule has 2 amide bonds. The van der Waals surface area contributed by atoms with Gasteiger partial charge in [-0.05, 0) is 18.9 Å². The number of nitrogens with one attached hydrogen (secondary N) is 1. The largest absolute Gasteiger partial charge is 0.365 e. The minimum atomic E-state index is -0.480. The van der Waals surface area contributed by atoms with Gasteiger partial charge in [-0.25, -0.2) is 4.98 Å². The standard InChI is InChI=1S/C21H23N5O2/c1-13(27)26-11-21(12-26)6-8-25(9-7-21)20-17-14-4-2-3-5-16(14)24-18(17)15(10-23-20)19(22)28/h2-5,10,24H,6-9,11-12H2,1H3,(H2,22,28). The SMILES string of the molecule is CC(=O)N1CC2(CCN(c3ncc(C(N)=O)c4[nH]c5ccccc5c34)CC2)C1. The number of aromatic amines is 1. The third-order valence-corrected chi connectivity index (χ3v) is 6.40. The number of anilines is 1. The van der Waals surface area contributed by atoms with Crippen LogP contribution in [0.3, 0.4) is 0 Å². The van der Waals surface area contributed by atoms with E-state index in [1.165, 1.54) is 0 Å². The van der Waals surface area contributed by atoms with Crippen LogP contribution in [0.5, 0.6) is 0 Å². The fourth-order valence-corrected chi connectivity index (χ4v) is 4.75. The molecule has 1 aromatic carbocycles. The molecular weight excluding hydrogens is 354 g/mol. The predicted octanol–water partition coefficient (Wildman–Crippen LogP) is 2.26. The number of aromatic nitrogens is 2. The number of fused-ring (bicyclic) bond motifs is 3. The zero-order valence-electron chi connectivity index (χ0n) is 15.9. The van der Waals surface area contributed by atoms with E-state index in [1.54, 1.807) is 13.1 Å². The molecule has 7 heteroatoms. The molecule has 2 fully saturated rings. The van der Waals surface area contributed by atoms with Crippen LogP contribution >= 0.6 is 0 Å². The number of pyridine rings is 1. The smallest absolute Gasteiger partial charge is 0.252 e. The van der Waals surface area contributed by atoms with Gasteiger partial charge in [0.05, 0.1) is 16.5 Å². The summed E-state index contributed by atoms with van der Waals surface area (Å²) in [5.41, 5.74) is 7.99. The summed E-state index contributed by atoms with van der Waals surface area (Å²) in [6, 6.07) is 8.01. The van der Waals surface area contributed by atoms with Gasteiger partial charge in [-0.2, -0.15) is 0 Å². The van der Waals surface area contributed by atoms with E-state index in [-0.39, 0.29) is 11.3 Å². The van der Waals surface area contributed by atoms with Gasteiger partial charge in [-0.1, -0.05) is 18.2 Å². The van der Waals surface area contributed by atoms with Crippen molar-refractivity contribution in [2.45, 2.75) is 19.8 Å². The number of piperidine rings is 1. The number of hydrogen-bond acceptors (Lipinski definition) is 4. The van der Waals surface area contributed by atoms with Gasteiger partial charge in [0, 0.05) is 55.6 Å². The summed E-state index contributed by atoms with van der Waals surface area (Å²) in [7, 11) is 0. The Labute approximate surface area is 162 Å². The number of nitrogens with zero attached hydrogens (tertiary/aromatic N) is 3. The fourth-order valence-electron chi connectivity index (χ4n) is 4.75. The Kier molecular flexibility index (Phi) is 3.62. The lowest BCUT2D eigenvalue weighted by Gasteiger charge is -2.54. The molecule has 28 heavy (non-hydrogen) atoms. The van der Waals surface area contributed by atoms with Crippen LogP contribution in [-0.2, 0) is 4.79 Å². The second-order valence-corrected chi connectivity index (χ2v) is 8.14. The molecule has 3 aromatic rings. The van der Waals surface area contributed by atoms with E-state index in [9.17, 15) is 9.59 Å². The van der Waals surface area contributed by atoms with Gasteiger partial charge in [-0.3, -0.25) is 9.59 Å². The minimum Gasteiger partial charge on any atom is -0.365 e. The summed E-state index contributed by atoms with van der Waals surface area (Å²) in [4.78, 5) is 35.7. The Balaban J connectivity index is 1.51. The average Bonchev–Trinajstić information content (AvgIpc) is 3.04. The van der Waals surface area contributed by atoms with Crippen LogP contribution in [0, 0.1) is 5.41 Å². The molecule has 144 valence electrons. The summed E-state index contributed by atoms with van der Waals surface area (Å²) < 4.78 is 0. The maximum Gasteiger partial charge on any atom is 0.252 e. The summed E-state index contributed by atoms with van der Waals surface area (Å²) in [5, 5.41) is 2.01. The highest BCUT2D eigenvalue weighted by molar-refractivity contribution is 6.18.